The number of nitrogen functional groups attached to an aromatic ring is 1. The number of hydrogen-bond acceptors (Lipinski definition) is 4. The maximum Gasteiger partial charge on any atom is 0.266 e. The van der Waals surface area contributed by atoms with Crippen LogP contribution in [0.1, 0.15) is 35.4 Å². The number of amides is 1. The van der Waals surface area contributed by atoms with Crippen molar-refractivity contribution in [1.29, 1.82) is 0 Å². The highest BCUT2D eigenvalue weighted by atomic mass is 32.1. The Bertz CT molecular complexity index is 697. The Kier molecular flexibility index (Phi) is 2.94. The number of benzene rings is 1. The van der Waals surface area contributed by atoms with Crippen molar-refractivity contribution in [3.05, 3.63) is 29.1 Å². The van der Waals surface area contributed by atoms with Crippen molar-refractivity contribution in [2.24, 2.45) is 0 Å². The standard InChI is InChI=1S/C16H18N2O2S/c17-14-12-3-1-2-4-13(12)21-15(14)16(20)18-9-5-6-10(18)8-11(19)7-9/h1-4,9-11,19H,5-8,17H2. The Hall–Kier alpha value is -1.59. The van der Waals surface area contributed by atoms with Crippen LogP contribution in [0.2, 0.25) is 0 Å². The third-order valence-electron chi connectivity index (χ3n) is 4.77. The highest BCUT2D eigenvalue weighted by Crippen LogP contribution is 2.40. The molecule has 1 amide bonds. The first-order chi connectivity index (χ1) is 10.1. The van der Waals surface area contributed by atoms with Gasteiger partial charge in [0.1, 0.15) is 4.88 Å². The number of rotatable bonds is 1. The van der Waals surface area contributed by atoms with E-state index in [0.29, 0.717) is 23.4 Å². The molecule has 3 heterocycles. The average Bonchev–Trinajstić information content (AvgIpc) is 2.95. The zero-order valence-corrected chi connectivity index (χ0v) is 12.5. The SMILES string of the molecule is Nc1c(C(=O)N2C3CCC2CC(O)C3)sc2ccccc12. The number of carbonyl (C=O) groups is 1. The van der Waals surface area contributed by atoms with E-state index in [0.717, 1.165) is 22.9 Å². The number of thiophene rings is 1. The zero-order valence-electron chi connectivity index (χ0n) is 11.7. The molecule has 5 heteroatoms. The van der Waals surface area contributed by atoms with Gasteiger partial charge in [-0.15, -0.1) is 11.3 Å². The van der Waals surface area contributed by atoms with Gasteiger partial charge in [-0.05, 0) is 31.7 Å². The molecule has 21 heavy (non-hydrogen) atoms. The fourth-order valence-corrected chi connectivity index (χ4v) is 4.89. The van der Waals surface area contributed by atoms with Crippen LogP contribution in [0.5, 0.6) is 0 Å². The molecule has 2 bridgehead atoms. The van der Waals surface area contributed by atoms with Gasteiger partial charge in [0.2, 0.25) is 0 Å². The van der Waals surface area contributed by atoms with Gasteiger partial charge in [0.25, 0.3) is 5.91 Å². The lowest BCUT2D eigenvalue weighted by atomic mass is 9.99. The molecule has 0 aliphatic carbocycles. The summed E-state index contributed by atoms with van der Waals surface area (Å²) >= 11 is 1.48. The number of nitrogens with two attached hydrogens (primary N) is 1. The van der Waals surface area contributed by atoms with E-state index in [1.807, 2.05) is 29.2 Å². The lowest BCUT2D eigenvalue weighted by Crippen LogP contribution is -2.47. The molecule has 2 aliphatic rings. The molecular weight excluding hydrogens is 284 g/mol. The van der Waals surface area contributed by atoms with Crippen LogP contribution in [0.25, 0.3) is 10.1 Å². The minimum atomic E-state index is -0.258. The largest absolute Gasteiger partial charge is 0.397 e. The van der Waals surface area contributed by atoms with Gasteiger partial charge >= 0.3 is 0 Å². The summed E-state index contributed by atoms with van der Waals surface area (Å²) in [5, 5.41) is 10.8. The van der Waals surface area contributed by atoms with Crippen molar-refractivity contribution < 1.29 is 9.90 Å². The fourth-order valence-electron chi connectivity index (χ4n) is 3.82. The Balaban J connectivity index is 1.72. The molecule has 3 N–H and O–H groups in total. The lowest BCUT2D eigenvalue weighted by molar-refractivity contribution is 0.0291. The van der Waals surface area contributed by atoms with E-state index >= 15 is 0 Å². The maximum atomic E-state index is 12.9. The second kappa shape index (κ2) is 4.71. The van der Waals surface area contributed by atoms with Crippen LogP contribution in [-0.2, 0) is 0 Å². The Morgan fingerprint density at radius 1 is 1.24 bits per heavy atom. The first-order valence-electron chi connectivity index (χ1n) is 7.43. The van der Waals surface area contributed by atoms with Crippen molar-refractivity contribution in [3.63, 3.8) is 0 Å². The summed E-state index contributed by atoms with van der Waals surface area (Å²) in [5.41, 5.74) is 6.80. The van der Waals surface area contributed by atoms with Gasteiger partial charge in [0, 0.05) is 22.2 Å². The monoisotopic (exact) mass is 302 g/mol. The number of piperidine rings is 1. The number of anilines is 1. The molecule has 2 fully saturated rings. The molecular formula is C16H18N2O2S. The van der Waals surface area contributed by atoms with Gasteiger partial charge in [0.05, 0.1) is 11.8 Å². The molecule has 2 unspecified atom stereocenters. The van der Waals surface area contributed by atoms with E-state index in [-0.39, 0.29) is 24.1 Å². The number of fused-ring (bicyclic) bond motifs is 3. The summed E-state index contributed by atoms with van der Waals surface area (Å²) in [4.78, 5) is 15.6. The minimum absolute atomic E-state index is 0.0492. The van der Waals surface area contributed by atoms with Crippen LogP contribution < -0.4 is 5.73 Å². The Morgan fingerprint density at radius 2 is 1.90 bits per heavy atom. The first-order valence-corrected chi connectivity index (χ1v) is 8.24. The highest BCUT2D eigenvalue weighted by molar-refractivity contribution is 7.21. The summed E-state index contributed by atoms with van der Waals surface area (Å²) in [6, 6.07) is 8.23. The topological polar surface area (TPSA) is 66.6 Å². The van der Waals surface area contributed by atoms with E-state index in [2.05, 4.69) is 0 Å². The number of hydrogen-bond donors (Lipinski definition) is 2. The minimum Gasteiger partial charge on any atom is -0.397 e. The van der Waals surface area contributed by atoms with Crippen molar-refractivity contribution in [2.75, 3.05) is 5.73 Å². The Labute approximate surface area is 127 Å². The van der Waals surface area contributed by atoms with Crippen molar-refractivity contribution >= 4 is 33.0 Å². The van der Waals surface area contributed by atoms with Crippen molar-refractivity contribution in [3.8, 4) is 0 Å². The normalized spacial score (nSPS) is 28.2. The smallest absolute Gasteiger partial charge is 0.266 e. The van der Waals surface area contributed by atoms with Gasteiger partial charge < -0.3 is 15.7 Å². The molecule has 110 valence electrons. The van der Waals surface area contributed by atoms with Crippen LogP contribution in [-0.4, -0.2) is 34.1 Å². The molecule has 2 atom stereocenters. The number of aliphatic hydroxyl groups is 1. The zero-order chi connectivity index (χ0) is 14.6. The second-order valence-corrected chi connectivity index (χ2v) is 7.12. The van der Waals surface area contributed by atoms with Gasteiger partial charge in [-0.25, -0.2) is 0 Å². The molecule has 0 radical (unpaired) electrons. The summed E-state index contributed by atoms with van der Waals surface area (Å²) in [6.45, 7) is 0. The van der Waals surface area contributed by atoms with Gasteiger partial charge in [-0.2, -0.15) is 0 Å². The highest BCUT2D eigenvalue weighted by Gasteiger charge is 2.43. The van der Waals surface area contributed by atoms with Crippen LogP contribution >= 0.6 is 11.3 Å². The van der Waals surface area contributed by atoms with Crippen LogP contribution in [0, 0.1) is 0 Å². The molecule has 0 saturated carbocycles. The predicted octanol–water partition coefficient (Wildman–Crippen LogP) is 2.61. The maximum absolute atomic E-state index is 12.9. The van der Waals surface area contributed by atoms with Crippen molar-refractivity contribution in [1.82, 2.24) is 4.90 Å². The fraction of sp³-hybridized carbons (Fsp3) is 0.438. The summed E-state index contributed by atoms with van der Waals surface area (Å²) in [5.74, 6) is 0.0492. The third-order valence-corrected chi connectivity index (χ3v) is 5.95. The van der Waals surface area contributed by atoms with E-state index < -0.39 is 0 Å². The van der Waals surface area contributed by atoms with Gasteiger partial charge in [0.15, 0.2) is 0 Å². The average molecular weight is 302 g/mol. The van der Waals surface area contributed by atoms with E-state index in [1.165, 1.54) is 11.3 Å². The third kappa shape index (κ3) is 1.95. The quantitative estimate of drug-likeness (QED) is 0.851. The molecule has 0 spiro atoms. The molecule has 4 rings (SSSR count). The molecule has 2 saturated heterocycles. The molecule has 2 aromatic rings. The second-order valence-electron chi connectivity index (χ2n) is 6.06. The van der Waals surface area contributed by atoms with E-state index in [9.17, 15) is 9.90 Å². The predicted molar refractivity (Wildman–Crippen MR) is 84.5 cm³/mol. The summed E-state index contributed by atoms with van der Waals surface area (Å²) in [7, 11) is 0. The number of carbonyl (C=O) groups excluding carboxylic acids is 1. The molecule has 2 aliphatic heterocycles. The number of aliphatic hydroxyl groups excluding tert-OH is 1. The Morgan fingerprint density at radius 3 is 2.57 bits per heavy atom. The summed E-state index contributed by atoms with van der Waals surface area (Å²) < 4.78 is 1.06. The van der Waals surface area contributed by atoms with Gasteiger partial charge in [-0.1, -0.05) is 18.2 Å². The van der Waals surface area contributed by atoms with Crippen molar-refractivity contribution in [2.45, 2.75) is 43.9 Å². The van der Waals surface area contributed by atoms with E-state index in [4.69, 9.17) is 5.73 Å². The molecule has 1 aromatic heterocycles. The van der Waals surface area contributed by atoms with Crippen LogP contribution in [0.15, 0.2) is 24.3 Å². The first kappa shape index (κ1) is 13.1. The van der Waals surface area contributed by atoms with E-state index in [1.54, 1.807) is 0 Å². The lowest BCUT2D eigenvalue weighted by Gasteiger charge is -2.37. The van der Waals surface area contributed by atoms with Gasteiger partial charge in [-0.3, -0.25) is 4.79 Å². The number of nitrogens with zero attached hydrogens (tertiary/aromatic N) is 1. The summed E-state index contributed by atoms with van der Waals surface area (Å²) in [6.07, 6.45) is 3.14. The molecule has 1 aromatic carbocycles. The van der Waals surface area contributed by atoms with Crippen LogP contribution in [0.3, 0.4) is 0 Å². The van der Waals surface area contributed by atoms with Crippen LogP contribution in [0.4, 0.5) is 5.69 Å². The molecule has 4 nitrogen and oxygen atoms in total.